The molecule has 5 nitrogen and oxygen atoms in total. The minimum Gasteiger partial charge on any atom is -0.319 e. The maximum Gasteiger partial charge on any atom is 0.325 e. The van der Waals surface area contributed by atoms with Gasteiger partial charge in [-0.25, -0.2) is 4.79 Å². The Morgan fingerprint density at radius 3 is 2.95 bits per heavy atom. The fraction of sp³-hybridized carbons (Fsp3) is 0.600. The Balaban J connectivity index is 1.66. The SMILES string of the molecule is CC1(c2cccs2)NC(=O)N(CCC2CCCCN2)C1=O. The first kappa shape index (κ1) is 14.5. The Bertz CT molecular complexity index is 525. The molecule has 0 bridgehead atoms. The van der Waals surface area contributed by atoms with Gasteiger partial charge in [-0.15, -0.1) is 11.3 Å². The summed E-state index contributed by atoms with van der Waals surface area (Å²) in [4.78, 5) is 27.0. The number of carbonyl (C=O) groups is 2. The van der Waals surface area contributed by atoms with Gasteiger partial charge in [-0.2, -0.15) is 0 Å². The molecule has 114 valence electrons. The van der Waals surface area contributed by atoms with Gasteiger partial charge in [0.1, 0.15) is 0 Å². The van der Waals surface area contributed by atoms with Crippen LogP contribution in [0.1, 0.15) is 37.5 Å². The zero-order chi connectivity index (χ0) is 14.9. The minimum atomic E-state index is -0.898. The van der Waals surface area contributed by atoms with Gasteiger partial charge in [-0.05, 0) is 44.2 Å². The van der Waals surface area contributed by atoms with E-state index in [2.05, 4.69) is 10.6 Å². The number of rotatable bonds is 4. The van der Waals surface area contributed by atoms with Gasteiger partial charge in [0, 0.05) is 17.5 Å². The number of urea groups is 1. The van der Waals surface area contributed by atoms with Crippen molar-refractivity contribution in [2.45, 2.75) is 44.2 Å². The van der Waals surface area contributed by atoms with E-state index in [0.717, 1.165) is 24.3 Å². The summed E-state index contributed by atoms with van der Waals surface area (Å²) in [5.74, 6) is -0.134. The smallest absolute Gasteiger partial charge is 0.319 e. The summed E-state index contributed by atoms with van der Waals surface area (Å²) >= 11 is 1.50. The lowest BCUT2D eigenvalue weighted by Gasteiger charge is -2.25. The van der Waals surface area contributed by atoms with Gasteiger partial charge in [0.2, 0.25) is 0 Å². The first-order valence-electron chi connectivity index (χ1n) is 7.53. The number of piperidine rings is 1. The van der Waals surface area contributed by atoms with Gasteiger partial charge in [0.25, 0.3) is 5.91 Å². The fourth-order valence-corrected chi connectivity index (χ4v) is 3.92. The highest BCUT2D eigenvalue weighted by Gasteiger charge is 2.49. The molecular weight excluding hydrogens is 286 g/mol. The predicted molar refractivity (Wildman–Crippen MR) is 82.2 cm³/mol. The van der Waals surface area contributed by atoms with E-state index < -0.39 is 5.54 Å². The van der Waals surface area contributed by atoms with Crippen molar-refractivity contribution < 1.29 is 9.59 Å². The summed E-state index contributed by atoms with van der Waals surface area (Å²) in [5, 5.41) is 8.23. The number of hydrogen-bond donors (Lipinski definition) is 2. The molecule has 0 aliphatic carbocycles. The largest absolute Gasteiger partial charge is 0.325 e. The molecule has 3 rings (SSSR count). The number of nitrogens with one attached hydrogen (secondary N) is 2. The van der Waals surface area contributed by atoms with E-state index in [4.69, 9.17) is 0 Å². The topological polar surface area (TPSA) is 61.4 Å². The quantitative estimate of drug-likeness (QED) is 0.837. The monoisotopic (exact) mass is 307 g/mol. The van der Waals surface area contributed by atoms with Crippen molar-refractivity contribution in [3.05, 3.63) is 22.4 Å². The minimum absolute atomic E-state index is 0.134. The lowest BCUT2D eigenvalue weighted by Crippen LogP contribution is -2.41. The Labute approximate surface area is 128 Å². The second-order valence-corrected chi connectivity index (χ2v) is 6.87. The average Bonchev–Trinajstić information content (AvgIpc) is 3.09. The van der Waals surface area contributed by atoms with E-state index in [0.29, 0.717) is 12.6 Å². The highest BCUT2D eigenvalue weighted by molar-refractivity contribution is 7.10. The molecule has 2 saturated heterocycles. The van der Waals surface area contributed by atoms with Crippen LogP contribution in [0.4, 0.5) is 4.79 Å². The zero-order valence-corrected chi connectivity index (χ0v) is 13.0. The third kappa shape index (κ3) is 2.70. The molecule has 3 amide bonds. The lowest BCUT2D eigenvalue weighted by molar-refractivity contribution is -0.131. The number of carbonyl (C=O) groups excluding carboxylic acids is 2. The van der Waals surface area contributed by atoms with Crippen molar-refractivity contribution >= 4 is 23.3 Å². The van der Waals surface area contributed by atoms with Crippen molar-refractivity contribution in [1.82, 2.24) is 15.5 Å². The summed E-state index contributed by atoms with van der Waals surface area (Å²) < 4.78 is 0. The standard InChI is InChI=1S/C15H21N3O2S/c1-15(12-6-4-10-21-12)13(19)18(14(20)17-15)9-7-11-5-2-3-8-16-11/h4,6,10-11,16H,2-3,5,7-9H2,1H3,(H,17,20). The van der Waals surface area contributed by atoms with E-state index in [1.54, 1.807) is 6.92 Å². The van der Waals surface area contributed by atoms with Crippen LogP contribution >= 0.6 is 11.3 Å². The van der Waals surface area contributed by atoms with E-state index >= 15 is 0 Å². The van der Waals surface area contributed by atoms with E-state index in [9.17, 15) is 9.59 Å². The molecule has 6 heteroatoms. The molecule has 2 aliphatic rings. The summed E-state index contributed by atoms with van der Waals surface area (Å²) in [7, 11) is 0. The van der Waals surface area contributed by atoms with Gasteiger partial charge >= 0.3 is 6.03 Å². The first-order valence-corrected chi connectivity index (χ1v) is 8.41. The summed E-state index contributed by atoms with van der Waals surface area (Å²) in [6.07, 6.45) is 4.41. The van der Waals surface area contributed by atoms with Crippen LogP contribution in [-0.4, -0.2) is 36.0 Å². The third-order valence-electron chi connectivity index (χ3n) is 4.40. The van der Waals surface area contributed by atoms with Crippen LogP contribution in [0.5, 0.6) is 0 Å². The zero-order valence-electron chi connectivity index (χ0n) is 12.2. The molecule has 0 aromatic carbocycles. The lowest BCUT2D eigenvalue weighted by atomic mass is 9.99. The summed E-state index contributed by atoms with van der Waals surface area (Å²) in [6.45, 7) is 3.32. The van der Waals surface area contributed by atoms with Gasteiger partial charge in [0.15, 0.2) is 5.54 Å². The van der Waals surface area contributed by atoms with Crippen molar-refractivity contribution in [2.24, 2.45) is 0 Å². The second-order valence-electron chi connectivity index (χ2n) is 5.92. The van der Waals surface area contributed by atoms with E-state index in [-0.39, 0.29) is 11.9 Å². The number of hydrogen-bond acceptors (Lipinski definition) is 4. The number of nitrogens with zero attached hydrogens (tertiary/aromatic N) is 1. The van der Waals surface area contributed by atoms with Crippen LogP contribution in [0.2, 0.25) is 0 Å². The molecule has 2 unspecified atom stereocenters. The summed E-state index contributed by atoms with van der Waals surface area (Å²) in [6, 6.07) is 3.95. The van der Waals surface area contributed by atoms with Gasteiger partial charge in [-0.3, -0.25) is 9.69 Å². The third-order valence-corrected chi connectivity index (χ3v) is 5.49. The Morgan fingerprint density at radius 1 is 1.43 bits per heavy atom. The Kier molecular flexibility index (Phi) is 3.99. The van der Waals surface area contributed by atoms with E-state index in [1.165, 1.54) is 29.1 Å². The molecule has 2 fully saturated rings. The normalized spacial score (nSPS) is 29.8. The first-order chi connectivity index (χ1) is 10.1. The van der Waals surface area contributed by atoms with Crippen molar-refractivity contribution in [1.29, 1.82) is 0 Å². The molecule has 2 atom stereocenters. The summed E-state index contributed by atoms with van der Waals surface area (Å²) in [5.41, 5.74) is -0.898. The van der Waals surface area contributed by atoms with Gasteiger partial charge < -0.3 is 10.6 Å². The fourth-order valence-electron chi connectivity index (χ4n) is 3.09. The molecule has 21 heavy (non-hydrogen) atoms. The van der Waals surface area contributed by atoms with Crippen LogP contribution in [0.15, 0.2) is 17.5 Å². The molecule has 1 aromatic heterocycles. The van der Waals surface area contributed by atoms with Crippen molar-refractivity contribution in [3.8, 4) is 0 Å². The molecule has 0 saturated carbocycles. The predicted octanol–water partition coefficient (Wildman–Crippen LogP) is 2.05. The van der Waals surface area contributed by atoms with Crippen molar-refractivity contribution in [2.75, 3.05) is 13.1 Å². The maximum absolute atomic E-state index is 12.6. The van der Waals surface area contributed by atoms with Crippen LogP contribution in [0, 0.1) is 0 Å². The highest BCUT2D eigenvalue weighted by atomic mass is 32.1. The van der Waals surface area contributed by atoms with Gasteiger partial charge in [0.05, 0.1) is 0 Å². The van der Waals surface area contributed by atoms with Crippen LogP contribution in [-0.2, 0) is 10.3 Å². The molecule has 0 radical (unpaired) electrons. The van der Waals surface area contributed by atoms with E-state index in [1.807, 2.05) is 17.5 Å². The number of thiophene rings is 1. The molecule has 2 N–H and O–H groups in total. The Morgan fingerprint density at radius 2 is 2.29 bits per heavy atom. The maximum atomic E-state index is 12.6. The van der Waals surface area contributed by atoms with Crippen LogP contribution in [0.3, 0.4) is 0 Å². The van der Waals surface area contributed by atoms with Crippen molar-refractivity contribution in [3.63, 3.8) is 0 Å². The highest BCUT2D eigenvalue weighted by Crippen LogP contribution is 2.32. The average molecular weight is 307 g/mol. The van der Waals surface area contributed by atoms with Crippen LogP contribution < -0.4 is 10.6 Å². The number of imide groups is 1. The second kappa shape index (κ2) is 5.77. The van der Waals surface area contributed by atoms with Crippen LogP contribution in [0.25, 0.3) is 0 Å². The molecule has 2 aliphatic heterocycles. The molecule has 3 heterocycles. The molecule has 1 aromatic rings. The van der Waals surface area contributed by atoms with Gasteiger partial charge in [-0.1, -0.05) is 12.5 Å². The number of amides is 3. The molecule has 0 spiro atoms. The Hall–Kier alpha value is -1.40. The molecular formula is C15H21N3O2S.